The quantitative estimate of drug-likeness (QED) is 0.204. The number of urea groups is 1. The number of aliphatic hydroxyl groups is 1. The molecule has 1 aliphatic rings. The first kappa shape index (κ1) is 36.3. The molecule has 0 aliphatic carbocycles. The van der Waals surface area contributed by atoms with Crippen molar-refractivity contribution in [3.8, 4) is 5.75 Å². The van der Waals surface area contributed by atoms with Crippen molar-refractivity contribution in [3.63, 3.8) is 0 Å². The number of carbonyl (C=O) groups excluding carboxylic acids is 3. The number of aromatic nitrogens is 1. The number of benzene rings is 3. The number of hydrogen-bond acceptors (Lipinski definition) is 7. The molecule has 4 amide bonds. The summed E-state index contributed by atoms with van der Waals surface area (Å²) in [7, 11) is 1.73. The van der Waals surface area contributed by atoms with Crippen LogP contribution < -0.4 is 15.4 Å². The minimum absolute atomic E-state index is 0.191. The summed E-state index contributed by atoms with van der Waals surface area (Å²) in [6, 6.07) is 21.1. The summed E-state index contributed by atoms with van der Waals surface area (Å²) in [5.41, 5.74) is 1.86. The van der Waals surface area contributed by atoms with Gasteiger partial charge in [-0.1, -0.05) is 43.3 Å². The number of amides is 4. The summed E-state index contributed by atoms with van der Waals surface area (Å²) in [5.74, 6) is -0.500. The highest BCUT2D eigenvalue weighted by molar-refractivity contribution is 6.05. The van der Waals surface area contributed by atoms with E-state index in [1.807, 2.05) is 56.3 Å². The Morgan fingerprint density at radius 2 is 1.78 bits per heavy atom. The molecule has 0 unspecified atom stereocenters. The molecule has 0 spiro atoms. The van der Waals surface area contributed by atoms with Crippen molar-refractivity contribution in [3.05, 3.63) is 96.3 Å². The molecule has 0 radical (unpaired) electrons. The van der Waals surface area contributed by atoms with Crippen molar-refractivity contribution in [1.82, 2.24) is 14.8 Å². The number of aliphatic hydroxyl groups excluding tert-OH is 1. The predicted octanol–water partition coefficient (Wildman–Crippen LogP) is 6.45. The second-order valence-electron chi connectivity index (χ2n) is 13.0. The van der Waals surface area contributed by atoms with Crippen LogP contribution in [0.5, 0.6) is 5.75 Å². The number of nitrogens with zero attached hydrogens (tertiary/aromatic N) is 3. The number of fused-ring (bicyclic) bond motifs is 2. The van der Waals surface area contributed by atoms with E-state index in [1.54, 1.807) is 66.5 Å². The molecule has 3 aromatic carbocycles. The Kier molecular flexibility index (Phi) is 12.4. The standard InChI is InChI=1S/C39H47N5O6/c1-26-23-44(27(2)25-45)38(47)33-22-31(41-37(46)30-17-19-40-20-18-30)15-16-35(33)50-28(3)10-7-8-21-49-36(26)24-43(4)39(48)42-34-14-9-12-29-11-5-6-13-32(29)34/h5-6,9,11-20,22,26-28,36,45H,7-8,10,21,23-25H2,1-4H3,(H,41,46)(H,42,48)/t26-,27+,28-,36+/m1/s1. The maximum Gasteiger partial charge on any atom is 0.321 e. The fourth-order valence-corrected chi connectivity index (χ4v) is 6.07. The van der Waals surface area contributed by atoms with E-state index in [0.29, 0.717) is 23.6 Å². The smallest absolute Gasteiger partial charge is 0.321 e. The van der Waals surface area contributed by atoms with Crippen molar-refractivity contribution in [2.75, 3.05) is 44.0 Å². The molecular formula is C39H47N5O6. The summed E-state index contributed by atoms with van der Waals surface area (Å²) in [5, 5.41) is 18.2. The number of carbonyl (C=O) groups is 3. The summed E-state index contributed by atoms with van der Waals surface area (Å²) in [4.78, 5) is 48.0. The fourth-order valence-electron chi connectivity index (χ4n) is 6.07. The van der Waals surface area contributed by atoms with Crippen LogP contribution in [0.15, 0.2) is 85.2 Å². The lowest BCUT2D eigenvalue weighted by Gasteiger charge is -2.35. The Morgan fingerprint density at radius 3 is 2.56 bits per heavy atom. The van der Waals surface area contributed by atoms with Crippen LogP contribution in [0.2, 0.25) is 0 Å². The molecule has 4 atom stereocenters. The van der Waals surface area contributed by atoms with Crippen LogP contribution in [0, 0.1) is 5.92 Å². The molecule has 0 fully saturated rings. The van der Waals surface area contributed by atoms with Gasteiger partial charge in [-0.3, -0.25) is 14.6 Å². The number of anilines is 2. The Balaban J connectivity index is 1.38. The van der Waals surface area contributed by atoms with Gasteiger partial charge in [0.2, 0.25) is 0 Å². The lowest BCUT2D eigenvalue weighted by Crippen LogP contribution is -2.48. The Labute approximate surface area is 293 Å². The average molecular weight is 682 g/mol. The molecular weight excluding hydrogens is 634 g/mol. The minimum Gasteiger partial charge on any atom is -0.490 e. The molecule has 3 N–H and O–H groups in total. The maximum atomic E-state index is 14.4. The van der Waals surface area contributed by atoms with Crippen LogP contribution >= 0.6 is 0 Å². The second kappa shape index (κ2) is 17.1. The Morgan fingerprint density at radius 1 is 1.02 bits per heavy atom. The first-order chi connectivity index (χ1) is 24.1. The van der Waals surface area contributed by atoms with E-state index < -0.39 is 12.1 Å². The molecule has 1 aliphatic heterocycles. The van der Waals surface area contributed by atoms with Crippen LogP contribution in [0.4, 0.5) is 16.2 Å². The van der Waals surface area contributed by atoms with Crippen molar-refractivity contribution in [2.24, 2.45) is 5.92 Å². The van der Waals surface area contributed by atoms with Crippen LogP contribution in [0.25, 0.3) is 10.8 Å². The Hall–Kier alpha value is -5.00. The van der Waals surface area contributed by atoms with Gasteiger partial charge in [-0.25, -0.2) is 4.79 Å². The topological polar surface area (TPSA) is 133 Å². The van der Waals surface area contributed by atoms with Gasteiger partial charge < -0.3 is 35.0 Å². The van der Waals surface area contributed by atoms with Crippen LogP contribution in [-0.4, -0.2) is 89.3 Å². The summed E-state index contributed by atoms with van der Waals surface area (Å²) in [6.07, 6.45) is 4.87. The van der Waals surface area contributed by atoms with Crippen LogP contribution in [0.1, 0.15) is 60.7 Å². The molecule has 2 heterocycles. The van der Waals surface area contributed by atoms with E-state index in [4.69, 9.17) is 9.47 Å². The summed E-state index contributed by atoms with van der Waals surface area (Å²) < 4.78 is 12.7. The van der Waals surface area contributed by atoms with E-state index in [1.165, 1.54) is 0 Å². The number of rotatable bonds is 7. The molecule has 5 rings (SSSR count). The molecule has 4 aromatic rings. The lowest BCUT2D eigenvalue weighted by atomic mass is 10.0. The van der Waals surface area contributed by atoms with Crippen molar-refractivity contribution in [1.29, 1.82) is 0 Å². The van der Waals surface area contributed by atoms with E-state index >= 15 is 0 Å². The van der Waals surface area contributed by atoms with Gasteiger partial charge in [-0.15, -0.1) is 0 Å². The van der Waals surface area contributed by atoms with Crippen molar-refractivity contribution in [2.45, 2.75) is 58.3 Å². The molecule has 11 heteroatoms. The number of hydrogen-bond donors (Lipinski definition) is 3. The molecule has 11 nitrogen and oxygen atoms in total. The molecule has 0 saturated carbocycles. The third kappa shape index (κ3) is 9.16. The van der Waals surface area contributed by atoms with Gasteiger partial charge in [0.05, 0.1) is 36.1 Å². The van der Waals surface area contributed by atoms with Crippen molar-refractivity contribution < 1.29 is 29.0 Å². The van der Waals surface area contributed by atoms with Gasteiger partial charge in [0.25, 0.3) is 11.8 Å². The lowest BCUT2D eigenvalue weighted by molar-refractivity contribution is -0.0115. The number of likely N-dealkylation sites (N-methyl/N-ethyl adjacent to an activating group) is 1. The third-order valence-corrected chi connectivity index (χ3v) is 9.08. The number of nitrogens with one attached hydrogen (secondary N) is 2. The van der Waals surface area contributed by atoms with Gasteiger partial charge in [0.15, 0.2) is 0 Å². The highest BCUT2D eigenvalue weighted by Gasteiger charge is 2.31. The van der Waals surface area contributed by atoms with E-state index in [-0.39, 0.29) is 55.1 Å². The largest absolute Gasteiger partial charge is 0.490 e. The monoisotopic (exact) mass is 681 g/mol. The maximum absolute atomic E-state index is 14.4. The van der Waals surface area contributed by atoms with Crippen LogP contribution in [0.3, 0.4) is 0 Å². The second-order valence-corrected chi connectivity index (χ2v) is 13.0. The summed E-state index contributed by atoms with van der Waals surface area (Å²) in [6.45, 7) is 6.49. The van der Waals surface area contributed by atoms with Gasteiger partial charge >= 0.3 is 6.03 Å². The molecule has 1 aromatic heterocycles. The Bertz CT molecular complexity index is 1760. The molecule has 50 heavy (non-hydrogen) atoms. The SMILES string of the molecule is C[C@@H]1CCCCO[C@@H](CN(C)C(=O)Nc2cccc3ccccc23)[C@H](C)CN([C@@H](C)CO)C(=O)c2cc(NC(=O)c3ccncc3)ccc2O1. The van der Waals surface area contributed by atoms with E-state index in [9.17, 15) is 19.5 Å². The van der Waals surface area contributed by atoms with Crippen LogP contribution in [-0.2, 0) is 4.74 Å². The van der Waals surface area contributed by atoms with Gasteiger partial charge in [-0.2, -0.15) is 0 Å². The highest BCUT2D eigenvalue weighted by Crippen LogP contribution is 2.29. The van der Waals surface area contributed by atoms with Crippen molar-refractivity contribution >= 4 is 40.0 Å². The zero-order valence-electron chi connectivity index (χ0n) is 29.2. The zero-order chi connectivity index (χ0) is 35.6. The fraction of sp³-hybridized carbons (Fsp3) is 0.385. The molecule has 0 saturated heterocycles. The predicted molar refractivity (Wildman–Crippen MR) is 195 cm³/mol. The van der Waals surface area contributed by atoms with E-state index in [0.717, 1.165) is 35.7 Å². The summed E-state index contributed by atoms with van der Waals surface area (Å²) >= 11 is 0. The van der Waals surface area contributed by atoms with Gasteiger partial charge in [-0.05, 0) is 74.9 Å². The first-order valence-corrected chi connectivity index (χ1v) is 17.2. The zero-order valence-corrected chi connectivity index (χ0v) is 29.2. The highest BCUT2D eigenvalue weighted by atomic mass is 16.5. The number of pyridine rings is 1. The molecule has 264 valence electrons. The van der Waals surface area contributed by atoms with E-state index in [2.05, 4.69) is 15.6 Å². The minimum atomic E-state index is -0.536. The normalized spacial score (nSPS) is 19.4. The van der Waals surface area contributed by atoms with Gasteiger partial charge in [0, 0.05) is 61.7 Å². The third-order valence-electron chi connectivity index (χ3n) is 9.08. The first-order valence-electron chi connectivity index (χ1n) is 17.2. The number of ether oxygens (including phenoxy) is 2. The molecule has 0 bridgehead atoms. The average Bonchev–Trinajstić information content (AvgIpc) is 3.13. The van der Waals surface area contributed by atoms with Gasteiger partial charge in [0.1, 0.15) is 5.75 Å².